The molecule has 0 saturated carbocycles. The lowest BCUT2D eigenvalue weighted by atomic mass is 9.97. The van der Waals surface area contributed by atoms with Crippen LogP contribution in [0.1, 0.15) is 40.5 Å². The number of esters is 1. The molecule has 4 heteroatoms. The predicted octanol–water partition coefficient (Wildman–Crippen LogP) is 1.90. The van der Waals surface area contributed by atoms with Crippen LogP contribution < -0.4 is 5.32 Å². The number of nitrogens with one attached hydrogen (secondary N) is 1. The van der Waals surface area contributed by atoms with Gasteiger partial charge in [0, 0.05) is 19.1 Å². The van der Waals surface area contributed by atoms with Crippen LogP contribution in [-0.4, -0.2) is 49.7 Å². The topological polar surface area (TPSA) is 41.6 Å². The van der Waals surface area contributed by atoms with Crippen LogP contribution in [-0.2, 0) is 9.53 Å². The highest BCUT2D eigenvalue weighted by Crippen LogP contribution is 2.18. The zero-order valence-electron chi connectivity index (χ0n) is 12.9. The second-order valence-corrected chi connectivity index (χ2v) is 6.02. The van der Waals surface area contributed by atoms with E-state index in [2.05, 4.69) is 31.0 Å². The Hall–Kier alpha value is -0.610. The van der Waals surface area contributed by atoms with Crippen molar-refractivity contribution >= 4 is 5.97 Å². The zero-order valence-corrected chi connectivity index (χ0v) is 12.9. The largest absolute Gasteiger partial charge is 0.466 e. The Kier molecular flexibility index (Phi) is 7.39. The van der Waals surface area contributed by atoms with Crippen molar-refractivity contribution in [1.82, 2.24) is 10.2 Å². The summed E-state index contributed by atoms with van der Waals surface area (Å²) >= 11 is 0. The quantitative estimate of drug-likeness (QED) is 0.717. The molecular weight excluding hydrogens is 240 g/mol. The van der Waals surface area contributed by atoms with Gasteiger partial charge in [0.25, 0.3) is 0 Å². The van der Waals surface area contributed by atoms with Crippen LogP contribution in [0.3, 0.4) is 0 Å². The third-order valence-electron chi connectivity index (χ3n) is 3.57. The van der Waals surface area contributed by atoms with Crippen molar-refractivity contribution in [2.75, 3.05) is 32.8 Å². The van der Waals surface area contributed by atoms with E-state index in [0.29, 0.717) is 18.6 Å². The van der Waals surface area contributed by atoms with Crippen molar-refractivity contribution in [3.63, 3.8) is 0 Å². The first kappa shape index (κ1) is 16.4. The van der Waals surface area contributed by atoms with Crippen molar-refractivity contribution in [3.8, 4) is 0 Å². The van der Waals surface area contributed by atoms with Crippen LogP contribution in [0.5, 0.6) is 0 Å². The third-order valence-corrected chi connectivity index (χ3v) is 3.57. The molecule has 1 fully saturated rings. The van der Waals surface area contributed by atoms with Gasteiger partial charge in [-0.25, -0.2) is 0 Å². The molecule has 1 heterocycles. The smallest absolute Gasteiger partial charge is 0.310 e. The normalized spacial score (nSPS) is 22.5. The Morgan fingerprint density at radius 3 is 2.79 bits per heavy atom. The molecule has 4 nitrogen and oxygen atoms in total. The van der Waals surface area contributed by atoms with Gasteiger partial charge in [-0.15, -0.1) is 0 Å². The minimum Gasteiger partial charge on any atom is -0.466 e. The molecule has 0 spiro atoms. The molecule has 1 aliphatic heterocycles. The molecule has 0 radical (unpaired) electrons. The fourth-order valence-corrected chi connectivity index (χ4v) is 2.62. The molecule has 0 aliphatic carbocycles. The van der Waals surface area contributed by atoms with Crippen LogP contribution in [0.15, 0.2) is 0 Å². The van der Waals surface area contributed by atoms with Crippen LogP contribution in [0, 0.1) is 11.8 Å². The number of likely N-dealkylation sites (tertiary alicyclic amines) is 1. The summed E-state index contributed by atoms with van der Waals surface area (Å²) in [5.74, 6) is 0.683. The summed E-state index contributed by atoms with van der Waals surface area (Å²) in [6.45, 7) is 13.1. The lowest BCUT2D eigenvalue weighted by Crippen LogP contribution is -2.43. The van der Waals surface area contributed by atoms with E-state index in [1.165, 1.54) is 0 Å². The van der Waals surface area contributed by atoms with Crippen LogP contribution in [0.2, 0.25) is 0 Å². The van der Waals surface area contributed by atoms with E-state index in [-0.39, 0.29) is 11.9 Å². The highest BCUT2D eigenvalue weighted by Gasteiger charge is 2.27. The number of carbonyl (C=O) groups is 1. The van der Waals surface area contributed by atoms with Gasteiger partial charge in [0.1, 0.15) is 0 Å². The van der Waals surface area contributed by atoms with Crippen LogP contribution in [0.4, 0.5) is 0 Å². The van der Waals surface area contributed by atoms with Gasteiger partial charge in [-0.3, -0.25) is 4.79 Å². The number of ether oxygens (including phenoxy) is 1. The lowest BCUT2D eigenvalue weighted by Gasteiger charge is -2.33. The molecule has 19 heavy (non-hydrogen) atoms. The molecule has 0 aromatic carbocycles. The molecule has 1 N–H and O–H groups in total. The summed E-state index contributed by atoms with van der Waals surface area (Å²) < 4.78 is 5.14. The highest BCUT2D eigenvalue weighted by molar-refractivity contribution is 5.72. The first-order chi connectivity index (χ1) is 9.02. The van der Waals surface area contributed by atoms with Gasteiger partial charge in [0.2, 0.25) is 0 Å². The van der Waals surface area contributed by atoms with Gasteiger partial charge in [-0.2, -0.15) is 0 Å². The zero-order chi connectivity index (χ0) is 14.3. The van der Waals surface area contributed by atoms with Gasteiger partial charge in [-0.05, 0) is 38.8 Å². The molecule has 1 rings (SSSR count). The van der Waals surface area contributed by atoms with Crippen molar-refractivity contribution in [2.24, 2.45) is 11.8 Å². The summed E-state index contributed by atoms with van der Waals surface area (Å²) in [7, 11) is 0. The minimum atomic E-state index is -0.0137. The SMILES string of the molecule is CCOC(=O)C1CCCN(CC(C)CNC(C)C)C1. The lowest BCUT2D eigenvalue weighted by molar-refractivity contribution is -0.150. The Labute approximate surface area is 117 Å². The Morgan fingerprint density at radius 2 is 2.16 bits per heavy atom. The maximum Gasteiger partial charge on any atom is 0.310 e. The number of carbonyl (C=O) groups excluding carboxylic acids is 1. The van der Waals surface area contributed by atoms with Crippen molar-refractivity contribution in [3.05, 3.63) is 0 Å². The first-order valence-electron chi connectivity index (χ1n) is 7.65. The number of nitrogens with zero attached hydrogens (tertiary/aromatic N) is 1. The van der Waals surface area contributed by atoms with Gasteiger partial charge < -0.3 is 15.0 Å². The molecule has 1 aliphatic rings. The Morgan fingerprint density at radius 1 is 1.42 bits per heavy atom. The van der Waals surface area contributed by atoms with Gasteiger partial charge in [0.15, 0.2) is 0 Å². The highest BCUT2D eigenvalue weighted by atomic mass is 16.5. The van der Waals surface area contributed by atoms with E-state index in [4.69, 9.17) is 4.74 Å². The van der Waals surface area contributed by atoms with Crippen molar-refractivity contribution in [2.45, 2.75) is 46.6 Å². The fourth-order valence-electron chi connectivity index (χ4n) is 2.62. The van der Waals surface area contributed by atoms with E-state index in [1.54, 1.807) is 0 Å². The second-order valence-electron chi connectivity index (χ2n) is 6.02. The Bertz CT molecular complexity index is 269. The molecule has 0 aromatic rings. The van der Waals surface area contributed by atoms with E-state index >= 15 is 0 Å². The molecule has 2 atom stereocenters. The van der Waals surface area contributed by atoms with Crippen molar-refractivity contribution < 1.29 is 9.53 Å². The summed E-state index contributed by atoms with van der Waals surface area (Å²) in [5.41, 5.74) is 0. The van der Waals surface area contributed by atoms with Gasteiger partial charge in [0.05, 0.1) is 12.5 Å². The second kappa shape index (κ2) is 8.54. The minimum absolute atomic E-state index is 0.0137. The standard InChI is InChI=1S/C15H30N2O2/c1-5-19-15(18)14-7-6-8-17(11-14)10-13(4)9-16-12(2)3/h12-14,16H,5-11H2,1-4H3. The number of piperidine rings is 1. The summed E-state index contributed by atoms with van der Waals surface area (Å²) in [6.07, 6.45) is 2.09. The van der Waals surface area contributed by atoms with E-state index in [0.717, 1.165) is 39.0 Å². The molecule has 1 saturated heterocycles. The Balaban J connectivity index is 2.32. The van der Waals surface area contributed by atoms with Crippen LogP contribution >= 0.6 is 0 Å². The summed E-state index contributed by atoms with van der Waals surface area (Å²) in [6, 6.07) is 0.538. The number of rotatable bonds is 7. The monoisotopic (exact) mass is 270 g/mol. The molecule has 0 aromatic heterocycles. The predicted molar refractivity (Wildman–Crippen MR) is 78.1 cm³/mol. The van der Waals surface area contributed by atoms with Gasteiger partial charge >= 0.3 is 5.97 Å². The first-order valence-corrected chi connectivity index (χ1v) is 7.65. The van der Waals surface area contributed by atoms with Gasteiger partial charge in [-0.1, -0.05) is 20.8 Å². The molecule has 112 valence electrons. The summed E-state index contributed by atoms with van der Waals surface area (Å²) in [4.78, 5) is 14.2. The maximum absolute atomic E-state index is 11.8. The van der Waals surface area contributed by atoms with E-state index in [9.17, 15) is 4.79 Å². The molecule has 0 bridgehead atoms. The summed E-state index contributed by atoms with van der Waals surface area (Å²) in [5, 5.41) is 3.47. The van der Waals surface area contributed by atoms with E-state index < -0.39 is 0 Å². The third kappa shape index (κ3) is 6.39. The average Bonchev–Trinajstić information content (AvgIpc) is 2.37. The number of hydrogen-bond acceptors (Lipinski definition) is 4. The fraction of sp³-hybridized carbons (Fsp3) is 0.933. The molecule has 2 unspecified atom stereocenters. The van der Waals surface area contributed by atoms with E-state index in [1.807, 2.05) is 6.92 Å². The molecule has 0 amide bonds. The number of hydrogen-bond donors (Lipinski definition) is 1. The van der Waals surface area contributed by atoms with Crippen LogP contribution in [0.25, 0.3) is 0 Å². The van der Waals surface area contributed by atoms with Crippen molar-refractivity contribution in [1.29, 1.82) is 0 Å². The molecular formula is C15H30N2O2. The maximum atomic E-state index is 11.8. The average molecular weight is 270 g/mol.